The molecule has 0 atom stereocenters. The van der Waals surface area contributed by atoms with E-state index in [-0.39, 0.29) is 0 Å². The van der Waals surface area contributed by atoms with E-state index >= 15 is 0 Å². The average molecular weight is 275 g/mol. The van der Waals surface area contributed by atoms with Crippen LogP contribution >= 0.6 is 0 Å². The van der Waals surface area contributed by atoms with Crippen LogP contribution in [0.3, 0.4) is 0 Å². The van der Waals surface area contributed by atoms with E-state index in [2.05, 4.69) is 4.99 Å². The molecule has 0 N–H and O–H groups in total. The van der Waals surface area contributed by atoms with Gasteiger partial charge in [0.2, 0.25) is 0 Å². The number of benzene rings is 2. The number of alkyl halides is 3. The first kappa shape index (κ1) is 12.9. The second kappa shape index (κ2) is 4.78. The average Bonchev–Trinajstić information content (AvgIpc) is 2.46. The first-order valence-electron chi connectivity index (χ1n) is 6.36. The van der Waals surface area contributed by atoms with E-state index in [1.165, 1.54) is 17.7 Å². The molecule has 102 valence electrons. The Hall–Kier alpha value is -2.10. The van der Waals surface area contributed by atoms with Crippen molar-refractivity contribution in [2.24, 2.45) is 4.99 Å². The van der Waals surface area contributed by atoms with Gasteiger partial charge in [-0.15, -0.1) is 0 Å². The smallest absolute Gasteiger partial charge is 0.284 e. The summed E-state index contributed by atoms with van der Waals surface area (Å²) in [5.41, 5.74) is 3.08. The predicted molar refractivity (Wildman–Crippen MR) is 72.1 cm³/mol. The van der Waals surface area contributed by atoms with Crippen LogP contribution in [0, 0.1) is 0 Å². The standard InChI is InChI=1S/C16H12F3N/c17-16(18,19)13-7-5-12(6-8-13)15-14-4-2-1-3-11(14)9-10-20-15/h1-8H,9-10H2. The molecule has 2 aromatic carbocycles. The van der Waals surface area contributed by atoms with Crippen LogP contribution in [-0.2, 0) is 12.6 Å². The molecule has 1 heterocycles. The van der Waals surface area contributed by atoms with E-state index in [9.17, 15) is 13.2 Å². The molecule has 1 nitrogen and oxygen atoms in total. The number of hydrogen-bond acceptors (Lipinski definition) is 1. The van der Waals surface area contributed by atoms with Gasteiger partial charge in [0, 0.05) is 17.7 Å². The van der Waals surface area contributed by atoms with Crippen LogP contribution in [0.15, 0.2) is 53.5 Å². The molecule has 0 saturated carbocycles. The quantitative estimate of drug-likeness (QED) is 0.743. The van der Waals surface area contributed by atoms with E-state index < -0.39 is 11.7 Å². The maximum atomic E-state index is 12.6. The summed E-state index contributed by atoms with van der Waals surface area (Å²) in [6.07, 6.45) is -3.43. The van der Waals surface area contributed by atoms with Crippen molar-refractivity contribution in [2.75, 3.05) is 6.54 Å². The van der Waals surface area contributed by atoms with E-state index in [0.29, 0.717) is 6.54 Å². The van der Waals surface area contributed by atoms with Gasteiger partial charge in [-0.3, -0.25) is 4.99 Å². The molecule has 0 aromatic heterocycles. The van der Waals surface area contributed by atoms with Gasteiger partial charge in [0.05, 0.1) is 11.3 Å². The Kier molecular flexibility index (Phi) is 3.08. The van der Waals surface area contributed by atoms with Crippen molar-refractivity contribution < 1.29 is 13.2 Å². The Morgan fingerprint density at radius 2 is 1.60 bits per heavy atom. The van der Waals surface area contributed by atoms with E-state index in [1.54, 1.807) is 0 Å². The predicted octanol–water partition coefficient (Wildman–Crippen LogP) is 4.10. The minimum atomic E-state index is -4.30. The Bertz CT molecular complexity index is 654. The van der Waals surface area contributed by atoms with Crippen LogP contribution in [0.4, 0.5) is 13.2 Å². The van der Waals surface area contributed by atoms with Crippen molar-refractivity contribution in [1.82, 2.24) is 0 Å². The molecule has 1 aliphatic heterocycles. The second-order valence-electron chi connectivity index (χ2n) is 4.71. The van der Waals surface area contributed by atoms with Crippen molar-refractivity contribution in [1.29, 1.82) is 0 Å². The number of aliphatic imine (C=N–C) groups is 1. The number of rotatable bonds is 1. The van der Waals surface area contributed by atoms with E-state index in [4.69, 9.17) is 0 Å². The van der Waals surface area contributed by atoms with Crippen LogP contribution in [0.2, 0.25) is 0 Å². The van der Waals surface area contributed by atoms with Crippen molar-refractivity contribution in [2.45, 2.75) is 12.6 Å². The Morgan fingerprint density at radius 3 is 2.30 bits per heavy atom. The molecular weight excluding hydrogens is 263 g/mol. The van der Waals surface area contributed by atoms with E-state index in [1.807, 2.05) is 24.3 Å². The summed E-state index contributed by atoms with van der Waals surface area (Å²) in [5, 5.41) is 0. The topological polar surface area (TPSA) is 12.4 Å². The van der Waals surface area contributed by atoms with Gasteiger partial charge in [0.25, 0.3) is 0 Å². The van der Waals surface area contributed by atoms with Gasteiger partial charge >= 0.3 is 6.18 Å². The zero-order valence-corrected chi connectivity index (χ0v) is 10.6. The molecule has 0 radical (unpaired) electrons. The molecule has 1 aliphatic rings. The van der Waals surface area contributed by atoms with Crippen LogP contribution in [-0.4, -0.2) is 12.3 Å². The lowest BCUT2D eigenvalue weighted by Crippen LogP contribution is -2.14. The Morgan fingerprint density at radius 1 is 0.900 bits per heavy atom. The summed E-state index contributed by atoms with van der Waals surface area (Å²) in [7, 11) is 0. The molecule has 4 heteroatoms. The van der Waals surface area contributed by atoms with E-state index in [0.717, 1.165) is 35.4 Å². The third kappa shape index (κ3) is 2.33. The fourth-order valence-electron chi connectivity index (χ4n) is 2.41. The van der Waals surface area contributed by atoms with Gasteiger partial charge in [-0.1, -0.05) is 36.4 Å². The molecule has 0 bridgehead atoms. The molecule has 0 fully saturated rings. The van der Waals surface area contributed by atoms with Gasteiger partial charge in [-0.2, -0.15) is 13.2 Å². The highest BCUT2D eigenvalue weighted by Crippen LogP contribution is 2.30. The lowest BCUT2D eigenvalue weighted by atomic mass is 9.93. The van der Waals surface area contributed by atoms with Crippen LogP contribution < -0.4 is 0 Å². The lowest BCUT2D eigenvalue weighted by Gasteiger charge is -2.17. The molecule has 2 aromatic rings. The zero-order chi connectivity index (χ0) is 14.2. The zero-order valence-electron chi connectivity index (χ0n) is 10.6. The minimum Gasteiger partial charge on any atom is -0.284 e. The summed E-state index contributed by atoms with van der Waals surface area (Å²) in [5.74, 6) is 0. The normalized spacial score (nSPS) is 14.7. The number of hydrogen-bond donors (Lipinski definition) is 0. The lowest BCUT2D eigenvalue weighted by molar-refractivity contribution is -0.137. The highest BCUT2D eigenvalue weighted by Gasteiger charge is 2.30. The van der Waals surface area contributed by atoms with Gasteiger partial charge in [0.1, 0.15) is 0 Å². The Balaban J connectivity index is 2.00. The fourth-order valence-corrected chi connectivity index (χ4v) is 2.41. The maximum absolute atomic E-state index is 12.6. The fraction of sp³-hybridized carbons (Fsp3) is 0.188. The molecule has 0 aliphatic carbocycles. The van der Waals surface area contributed by atoms with Crippen LogP contribution in [0.1, 0.15) is 22.3 Å². The van der Waals surface area contributed by atoms with Crippen LogP contribution in [0.25, 0.3) is 0 Å². The van der Waals surface area contributed by atoms with Gasteiger partial charge < -0.3 is 0 Å². The largest absolute Gasteiger partial charge is 0.416 e. The van der Waals surface area contributed by atoms with Gasteiger partial charge in [0.15, 0.2) is 0 Å². The first-order valence-corrected chi connectivity index (χ1v) is 6.36. The molecule has 0 saturated heterocycles. The highest BCUT2D eigenvalue weighted by molar-refractivity contribution is 6.14. The summed E-state index contributed by atoms with van der Waals surface area (Å²) < 4.78 is 37.7. The summed E-state index contributed by atoms with van der Waals surface area (Å²) in [6, 6.07) is 13.1. The SMILES string of the molecule is FC(F)(F)c1ccc(C2=NCCc3ccccc32)cc1. The van der Waals surface area contributed by atoms with Gasteiger partial charge in [-0.25, -0.2) is 0 Å². The Labute approximate surface area is 114 Å². The second-order valence-corrected chi connectivity index (χ2v) is 4.71. The summed E-state index contributed by atoms with van der Waals surface area (Å²) >= 11 is 0. The maximum Gasteiger partial charge on any atom is 0.416 e. The highest BCUT2D eigenvalue weighted by atomic mass is 19.4. The van der Waals surface area contributed by atoms with Crippen molar-refractivity contribution in [3.05, 3.63) is 70.8 Å². The van der Waals surface area contributed by atoms with Crippen molar-refractivity contribution in [3.63, 3.8) is 0 Å². The third-order valence-electron chi connectivity index (χ3n) is 3.41. The molecule has 3 rings (SSSR count). The number of halogens is 3. The minimum absolute atomic E-state index is 0.633. The molecule has 0 amide bonds. The van der Waals surface area contributed by atoms with Crippen molar-refractivity contribution >= 4 is 5.71 Å². The monoisotopic (exact) mass is 275 g/mol. The third-order valence-corrected chi connectivity index (χ3v) is 3.41. The van der Waals surface area contributed by atoms with Gasteiger partial charge in [-0.05, 0) is 24.1 Å². The molecule has 20 heavy (non-hydrogen) atoms. The summed E-state index contributed by atoms with van der Waals surface area (Å²) in [4.78, 5) is 4.47. The number of fused-ring (bicyclic) bond motifs is 1. The molecular formula is C16H12F3N. The summed E-state index contributed by atoms with van der Waals surface area (Å²) in [6.45, 7) is 0.674. The van der Waals surface area contributed by atoms with Crippen LogP contribution in [0.5, 0.6) is 0 Å². The number of nitrogens with zero attached hydrogens (tertiary/aromatic N) is 1. The molecule has 0 spiro atoms. The van der Waals surface area contributed by atoms with Crippen molar-refractivity contribution in [3.8, 4) is 0 Å². The molecule has 0 unspecified atom stereocenters. The first-order chi connectivity index (χ1) is 9.55.